The molecule has 0 spiro atoms. The number of halogens is 3. The Kier molecular flexibility index (Phi) is 7.76. The van der Waals surface area contributed by atoms with Gasteiger partial charge in [-0.05, 0) is 55.9 Å². The maximum absolute atomic E-state index is 4.97. The molecule has 2 saturated carbocycles. The van der Waals surface area contributed by atoms with Gasteiger partial charge in [-0.2, -0.15) is 0 Å². The van der Waals surface area contributed by atoms with Crippen LogP contribution in [0.25, 0.3) is 0 Å². The fourth-order valence-corrected chi connectivity index (χ4v) is 4.09. The first-order valence-corrected chi connectivity index (χ1v) is 14.1. The van der Waals surface area contributed by atoms with Gasteiger partial charge in [-0.25, -0.2) is 0 Å². The van der Waals surface area contributed by atoms with Gasteiger partial charge < -0.3 is 0 Å². The number of rotatable bonds is 2. The van der Waals surface area contributed by atoms with E-state index in [9.17, 15) is 0 Å². The van der Waals surface area contributed by atoms with E-state index in [1.165, 1.54) is 38.0 Å². The van der Waals surface area contributed by atoms with Gasteiger partial charge in [0.05, 0.1) is 0 Å². The van der Waals surface area contributed by atoms with Crippen molar-refractivity contribution in [1.29, 1.82) is 0 Å². The van der Waals surface area contributed by atoms with Gasteiger partial charge >= 0.3 is 42.6 Å². The van der Waals surface area contributed by atoms with E-state index in [1.54, 1.807) is 4.88 Å². The molecule has 2 aliphatic rings. The van der Waals surface area contributed by atoms with Crippen molar-refractivity contribution < 1.29 is 14.7 Å². The van der Waals surface area contributed by atoms with E-state index in [1.807, 2.05) is 11.3 Å². The third-order valence-electron chi connectivity index (χ3n) is 3.92. The fraction of sp³-hybridized carbons (Fsp3) is 0.400. The van der Waals surface area contributed by atoms with E-state index < -0.39 is 14.7 Å². The summed E-state index contributed by atoms with van der Waals surface area (Å²) in [5, 5.41) is 2.22. The molecule has 5 radical (unpaired) electrons. The van der Waals surface area contributed by atoms with Gasteiger partial charge in [-0.3, -0.25) is 0 Å². The van der Waals surface area contributed by atoms with Gasteiger partial charge in [0.1, 0.15) is 0 Å². The molecule has 0 bridgehead atoms. The van der Waals surface area contributed by atoms with E-state index >= 15 is 0 Å². The SMILES string of the molecule is [CH]1[CH][CH][C](C2(c3cccs3)CCCCC2)[CH]1.[Cl][Ti+]([Cl])[Cl]. The average Bonchev–Trinajstić information content (AvgIpc) is 3.13. The van der Waals surface area contributed by atoms with Crippen LogP contribution in [0.15, 0.2) is 17.5 Å². The molecule has 0 aromatic carbocycles. The van der Waals surface area contributed by atoms with Crippen molar-refractivity contribution in [2.45, 2.75) is 37.5 Å². The zero-order chi connectivity index (χ0) is 14.4. The second-order valence-corrected chi connectivity index (χ2v) is 13.7. The second-order valence-electron chi connectivity index (χ2n) is 5.01. The third-order valence-corrected chi connectivity index (χ3v) is 4.99. The summed E-state index contributed by atoms with van der Waals surface area (Å²) in [6.07, 6.45) is 15.8. The predicted molar refractivity (Wildman–Crippen MR) is 87.1 cm³/mol. The van der Waals surface area contributed by atoms with Crippen molar-refractivity contribution in [3.8, 4) is 0 Å². The van der Waals surface area contributed by atoms with Crippen molar-refractivity contribution >= 4 is 39.3 Å². The Bertz CT molecular complexity index is 366. The minimum atomic E-state index is -1.92. The van der Waals surface area contributed by atoms with Gasteiger partial charge in [-0.1, -0.05) is 25.3 Å². The van der Waals surface area contributed by atoms with Crippen molar-refractivity contribution in [3.63, 3.8) is 0 Å². The Morgan fingerprint density at radius 1 is 1.00 bits per heavy atom. The molecule has 5 heteroatoms. The van der Waals surface area contributed by atoms with Crippen LogP contribution in [0.1, 0.15) is 37.0 Å². The zero-order valence-electron chi connectivity index (χ0n) is 11.1. The summed E-state index contributed by atoms with van der Waals surface area (Å²) in [4.78, 5) is 1.57. The van der Waals surface area contributed by atoms with Crippen LogP contribution in [-0.4, -0.2) is 0 Å². The van der Waals surface area contributed by atoms with E-state index in [4.69, 9.17) is 27.9 Å². The molecule has 2 aliphatic carbocycles. The first-order chi connectivity index (χ1) is 9.65. The van der Waals surface area contributed by atoms with E-state index in [0.29, 0.717) is 5.41 Å². The summed E-state index contributed by atoms with van der Waals surface area (Å²) < 4.78 is 0. The molecule has 0 saturated heterocycles. The normalized spacial score (nSPS) is 22.1. The van der Waals surface area contributed by atoms with Crippen LogP contribution in [0.3, 0.4) is 0 Å². The molecule has 2 fully saturated rings. The summed E-state index contributed by atoms with van der Waals surface area (Å²) in [6, 6.07) is 4.52. The molecule has 107 valence electrons. The molecule has 1 aromatic heterocycles. The zero-order valence-corrected chi connectivity index (χ0v) is 15.8. The molecule has 0 aliphatic heterocycles. The third kappa shape index (κ3) is 4.64. The Labute approximate surface area is 144 Å². The summed E-state index contributed by atoms with van der Waals surface area (Å²) in [5.41, 5.74) is 0.343. The van der Waals surface area contributed by atoms with Crippen LogP contribution in [0.4, 0.5) is 0 Å². The molecule has 0 amide bonds. The summed E-state index contributed by atoms with van der Waals surface area (Å²) in [6.45, 7) is 0. The standard InChI is InChI=1S/C15H17S.3ClH.Ti/c1-4-10-15(11-5-1,13-7-2-3-8-13)14-9-6-12-16-14;;;;/h2-3,6-9,12H,1,4-5,10-11H2;3*1H;/q;;;;+4/p-3. The Hall–Kier alpha value is 1.28. The van der Waals surface area contributed by atoms with Crippen LogP contribution in [0, 0.1) is 31.6 Å². The Morgan fingerprint density at radius 3 is 2.10 bits per heavy atom. The van der Waals surface area contributed by atoms with Crippen LogP contribution < -0.4 is 0 Å². The van der Waals surface area contributed by atoms with Crippen molar-refractivity contribution in [3.05, 3.63) is 54.0 Å². The van der Waals surface area contributed by atoms with Crippen molar-refractivity contribution in [2.24, 2.45) is 0 Å². The molecule has 1 heterocycles. The van der Waals surface area contributed by atoms with Crippen LogP contribution in [0.2, 0.25) is 0 Å². The fourth-order valence-electron chi connectivity index (χ4n) is 3.08. The molecule has 3 rings (SSSR count). The maximum atomic E-state index is 4.97. The van der Waals surface area contributed by atoms with Gasteiger partial charge in [0.15, 0.2) is 0 Å². The van der Waals surface area contributed by atoms with E-state index in [2.05, 4.69) is 43.2 Å². The quantitative estimate of drug-likeness (QED) is 0.517. The van der Waals surface area contributed by atoms with Gasteiger partial charge in [-0.15, -0.1) is 11.3 Å². The summed E-state index contributed by atoms with van der Waals surface area (Å²) in [5.74, 6) is 1.54. The minimum absolute atomic E-state index is 0.343. The number of thiophene rings is 1. The number of hydrogen-bond donors (Lipinski definition) is 0. The topological polar surface area (TPSA) is 0 Å². The van der Waals surface area contributed by atoms with Crippen molar-refractivity contribution in [2.75, 3.05) is 0 Å². The molecular formula is C15H17Cl3STi+. The van der Waals surface area contributed by atoms with Crippen LogP contribution >= 0.6 is 39.3 Å². The molecule has 0 atom stereocenters. The molecule has 1 aromatic rings. The Balaban J connectivity index is 0.000000328. The molecular weight excluding hydrogens is 366 g/mol. The molecule has 0 N–H and O–H groups in total. The molecule has 0 unspecified atom stereocenters. The Morgan fingerprint density at radius 2 is 1.60 bits per heavy atom. The van der Waals surface area contributed by atoms with Gasteiger partial charge in [0.2, 0.25) is 0 Å². The van der Waals surface area contributed by atoms with Gasteiger partial charge in [0.25, 0.3) is 0 Å². The average molecular weight is 384 g/mol. The first-order valence-electron chi connectivity index (χ1n) is 6.75. The summed E-state index contributed by atoms with van der Waals surface area (Å²) in [7, 11) is 14.9. The van der Waals surface area contributed by atoms with Crippen molar-refractivity contribution in [1.82, 2.24) is 0 Å². The second kappa shape index (κ2) is 8.80. The van der Waals surface area contributed by atoms with E-state index in [-0.39, 0.29) is 0 Å². The molecule has 0 nitrogen and oxygen atoms in total. The monoisotopic (exact) mass is 382 g/mol. The van der Waals surface area contributed by atoms with Gasteiger partial charge in [0, 0.05) is 10.3 Å². The summed E-state index contributed by atoms with van der Waals surface area (Å²) >= 11 is 0.00986. The van der Waals surface area contributed by atoms with Crippen LogP contribution in [0.5, 0.6) is 0 Å². The van der Waals surface area contributed by atoms with E-state index in [0.717, 1.165) is 0 Å². The van der Waals surface area contributed by atoms with Crippen LogP contribution in [-0.2, 0) is 20.1 Å². The molecule has 20 heavy (non-hydrogen) atoms. The predicted octanol–water partition coefficient (Wildman–Crippen LogP) is 6.42. The number of hydrogen-bond acceptors (Lipinski definition) is 1. The first kappa shape index (κ1) is 17.6.